The molecule has 0 radical (unpaired) electrons. The van der Waals surface area contributed by atoms with Crippen LogP contribution in [0.1, 0.15) is 12.0 Å². The standard InChI is InChI=1S/C23H32N4O4.HI/c1-27(2)22(28)17-25-23(24-16-18-9-11-20(30-4)12-10-18)26-19-7-5-8-21(15-19)31-14-6-13-29-3;/h5,7-12,15H,6,13-14,16-17H2,1-4H3,(H2,24,25,26);1H. The Hall–Kier alpha value is -2.53. The maximum atomic E-state index is 12.0. The second kappa shape index (κ2) is 15.3. The van der Waals surface area contributed by atoms with E-state index in [9.17, 15) is 4.79 Å². The van der Waals surface area contributed by atoms with Crippen molar-refractivity contribution in [2.24, 2.45) is 4.99 Å². The highest BCUT2D eigenvalue weighted by molar-refractivity contribution is 14.0. The van der Waals surface area contributed by atoms with Crippen LogP contribution in [0.5, 0.6) is 11.5 Å². The van der Waals surface area contributed by atoms with Gasteiger partial charge in [0.1, 0.15) is 11.5 Å². The molecule has 0 unspecified atom stereocenters. The number of amides is 1. The van der Waals surface area contributed by atoms with Gasteiger partial charge in [-0.2, -0.15) is 0 Å². The van der Waals surface area contributed by atoms with Crippen molar-refractivity contribution in [3.8, 4) is 11.5 Å². The highest BCUT2D eigenvalue weighted by Crippen LogP contribution is 2.18. The van der Waals surface area contributed by atoms with E-state index in [4.69, 9.17) is 14.2 Å². The number of carbonyl (C=O) groups is 1. The number of anilines is 1. The van der Waals surface area contributed by atoms with Crippen molar-refractivity contribution in [3.63, 3.8) is 0 Å². The van der Waals surface area contributed by atoms with Crippen molar-refractivity contribution < 1.29 is 19.0 Å². The number of hydrogen-bond donors (Lipinski definition) is 2. The monoisotopic (exact) mass is 556 g/mol. The van der Waals surface area contributed by atoms with Gasteiger partial charge in [-0.15, -0.1) is 24.0 Å². The molecule has 2 N–H and O–H groups in total. The maximum absolute atomic E-state index is 12.0. The smallest absolute Gasteiger partial charge is 0.241 e. The lowest BCUT2D eigenvalue weighted by molar-refractivity contribution is -0.127. The number of rotatable bonds is 11. The van der Waals surface area contributed by atoms with Crippen LogP contribution in [-0.2, 0) is 16.1 Å². The predicted octanol–water partition coefficient (Wildman–Crippen LogP) is 3.37. The van der Waals surface area contributed by atoms with Crippen molar-refractivity contribution in [2.45, 2.75) is 13.0 Å². The van der Waals surface area contributed by atoms with E-state index in [0.717, 1.165) is 29.2 Å². The first-order valence-corrected chi connectivity index (χ1v) is 10.1. The molecule has 0 bridgehead atoms. The summed E-state index contributed by atoms with van der Waals surface area (Å²) in [6.07, 6.45) is 0.816. The molecule has 1 amide bonds. The van der Waals surface area contributed by atoms with Crippen molar-refractivity contribution >= 4 is 41.5 Å². The van der Waals surface area contributed by atoms with Crippen LogP contribution in [0.2, 0.25) is 0 Å². The summed E-state index contributed by atoms with van der Waals surface area (Å²) >= 11 is 0. The van der Waals surface area contributed by atoms with Gasteiger partial charge >= 0.3 is 0 Å². The van der Waals surface area contributed by atoms with Gasteiger partial charge in [0.05, 0.1) is 26.8 Å². The number of nitrogens with one attached hydrogen (secondary N) is 2. The number of methoxy groups -OCH3 is 2. The van der Waals surface area contributed by atoms with Crippen LogP contribution in [0.25, 0.3) is 0 Å². The van der Waals surface area contributed by atoms with Gasteiger partial charge in [0.15, 0.2) is 5.96 Å². The molecule has 0 aromatic heterocycles. The Bertz CT molecular complexity index is 844. The fourth-order valence-electron chi connectivity index (χ4n) is 2.55. The van der Waals surface area contributed by atoms with Gasteiger partial charge in [0.25, 0.3) is 0 Å². The summed E-state index contributed by atoms with van der Waals surface area (Å²) in [5.41, 5.74) is 1.83. The molecular weight excluding hydrogens is 523 g/mol. The van der Waals surface area contributed by atoms with E-state index in [2.05, 4.69) is 15.6 Å². The number of guanidine groups is 1. The molecule has 0 aliphatic heterocycles. The summed E-state index contributed by atoms with van der Waals surface area (Å²) < 4.78 is 16.0. The normalized spacial score (nSPS) is 10.7. The topological polar surface area (TPSA) is 84.4 Å². The van der Waals surface area contributed by atoms with Crippen molar-refractivity contribution in [2.75, 3.05) is 53.4 Å². The average molecular weight is 556 g/mol. The largest absolute Gasteiger partial charge is 0.497 e. The predicted molar refractivity (Wildman–Crippen MR) is 138 cm³/mol. The molecule has 32 heavy (non-hydrogen) atoms. The van der Waals surface area contributed by atoms with Crippen LogP contribution < -0.4 is 20.1 Å². The third-order valence-corrected chi connectivity index (χ3v) is 4.34. The van der Waals surface area contributed by atoms with Crippen LogP contribution in [0.3, 0.4) is 0 Å². The average Bonchev–Trinajstić information content (AvgIpc) is 2.78. The minimum Gasteiger partial charge on any atom is -0.497 e. The van der Waals surface area contributed by atoms with Gasteiger partial charge in [-0.25, -0.2) is 4.99 Å². The molecule has 176 valence electrons. The Kier molecular flexibility index (Phi) is 13.2. The summed E-state index contributed by atoms with van der Waals surface area (Å²) in [6.45, 7) is 1.81. The van der Waals surface area contributed by atoms with E-state index >= 15 is 0 Å². The molecule has 0 saturated carbocycles. The Labute approximate surface area is 207 Å². The van der Waals surface area contributed by atoms with Crippen LogP contribution in [0.15, 0.2) is 53.5 Å². The van der Waals surface area contributed by atoms with Crippen LogP contribution in [-0.4, -0.2) is 64.8 Å². The van der Waals surface area contributed by atoms with Gasteiger partial charge in [-0.3, -0.25) is 4.79 Å². The molecule has 0 saturated heterocycles. The van der Waals surface area contributed by atoms with E-state index in [-0.39, 0.29) is 36.4 Å². The number of aliphatic imine (C=N–C) groups is 1. The summed E-state index contributed by atoms with van der Waals surface area (Å²) in [5, 5.41) is 6.33. The summed E-state index contributed by atoms with van der Waals surface area (Å²) in [7, 11) is 6.74. The SMILES string of the molecule is COCCCOc1cccc(NC(=NCc2ccc(OC)cc2)NCC(=O)N(C)C)c1.I. The number of carbonyl (C=O) groups excluding carboxylic acids is 1. The number of likely N-dealkylation sites (N-methyl/N-ethyl adjacent to an activating group) is 1. The zero-order valence-corrected chi connectivity index (χ0v) is 21.4. The number of halogens is 1. The Morgan fingerprint density at radius 1 is 1.03 bits per heavy atom. The zero-order valence-electron chi connectivity index (χ0n) is 19.1. The van der Waals surface area contributed by atoms with Gasteiger partial charge in [0.2, 0.25) is 5.91 Å². The molecule has 2 rings (SSSR count). The highest BCUT2D eigenvalue weighted by atomic mass is 127. The number of nitrogens with zero attached hydrogens (tertiary/aromatic N) is 2. The lowest BCUT2D eigenvalue weighted by Gasteiger charge is -2.16. The lowest BCUT2D eigenvalue weighted by atomic mass is 10.2. The molecule has 8 nitrogen and oxygen atoms in total. The van der Waals surface area contributed by atoms with Crippen molar-refractivity contribution in [1.29, 1.82) is 0 Å². The fraction of sp³-hybridized carbons (Fsp3) is 0.391. The first-order chi connectivity index (χ1) is 15.0. The lowest BCUT2D eigenvalue weighted by Crippen LogP contribution is -2.39. The first-order valence-electron chi connectivity index (χ1n) is 10.1. The van der Waals surface area contributed by atoms with E-state index in [1.54, 1.807) is 28.3 Å². The van der Waals surface area contributed by atoms with Crippen LogP contribution in [0, 0.1) is 0 Å². The number of benzene rings is 2. The maximum Gasteiger partial charge on any atom is 0.241 e. The van der Waals surface area contributed by atoms with Crippen molar-refractivity contribution in [3.05, 3.63) is 54.1 Å². The summed E-state index contributed by atoms with van der Waals surface area (Å²) in [5.74, 6) is 2.00. The molecule has 0 aliphatic carbocycles. The molecule has 2 aromatic carbocycles. The minimum atomic E-state index is -0.0471. The molecule has 9 heteroatoms. The molecular formula is C23H33IN4O4. The Balaban J connectivity index is 0.00000512. The van der Waals surface area contributed by atoms with Gasteiger partial charge < -0.3 is 29.7 Å². The second-order valence-electron chi connectivity index (χ2n) is 7.00. The van der Waals surface area contributed by atoms with E-state index in [1.807, 2.05) is 48.5 Å². The summed E-state index contributed by atoms with van der Waals surface area (Å²) in [4.78, 5) is 18.2. The second-order valence-corrected chi connectivity index (χ2v) is 7.00. The highest BCUT2D eigenvalue weighted by Gasteiger charge is 2.07. The Morgan fingerprint density at radius 3 is 2.44 bits per heavy atom. The molecule has 0 atom stereocenters. The molecule has 2 aromatic rings. The van der Waals surface area contributed by atoms with Crippen LogP contribution >= 0.6 is 24.0 Å². The molecule has 0 aliphatic rings. The van der Waals surface area contributed by atoms with Crippen LogP contribution in [0.4, 0.5) is 5.69 Å². The van der Waals surface area contributed by atoms with Gasteiger partial charge in [-0.1, -0.05) is 18.2 Å². The van der Waals surface area contributed by atoms with E-state index in [0.29, 0.717) is 25.7 Å². The molecule has 0 spiro atoms. The third-order valence-electron chi connectivity index (χ3n) is 4.34. The van der Waals surface area contributed by atoms with Crippen molar-refractivity contribution in [1.82, 2.24) is 10.2 Å². The third kappa shape index (κ3) is 10.2. The first kappa shape index (κ1) is 27.5. The molecule has 0 heterocycles. The minimum absolute atomic E-state index is 0. The Morgan fingerprint density at radius 2 is 1.78 bits per heavy atom. The fourth-order valence-corrected chi connectivity index (χ4v) is 2.55. The van der Waals surface area contributed by atoms with E-state index in [1.165, 1.54) is 4.90 Å². The zero-order chi connectivity index (χ0) is 22.5. The summed E-state index contributed by atoms with van der Waals surface area (Å²) in [6, 6.07) is 15.3. The van der Waals surface area contributed by atoms with Gasteiger partial charge in [-0.05, 0) is 29.8 Å². The van der Waals surface area contributed by atoms with E-state index < -0.39 is 0 Å². The molecule has 0 fully saturated rings. The number of ether oxygens (including phenoxy) is 3. The van der Waals surface area contributed by atoms with Gasteiger partial charge in [0, 0.05) is 46.0 Å². The quantitative estimate of drug-likeness (QED) is 0.191. The number of hydrogen-bond acceptors (Lipinski definition) is 5.